The van der Waals surface area contributed by atoms with Crippen molar-refractivity contribution in [2.45, 2.75) is 45.8 Å². The van der Waals surface area contributed by atoms with E-state index in [4.69, 9.17) is 9.47 Å². The number of carbonyl (C=O) groups is 1. The van der Waals surface area contributed by atoms with Crippen molar-refractivity contribution in [2.75, 3.05) is 26.7 Å². The first-order valence-corrected chi connectivity index (χ1v) is 11.1. The van der Waals surface area contributed by atoms with E-state index < -0.39 is 0 Å². The number of carbonyl (C=O) groups excluding carboxylic acids is 1. The third kappa shape index (κ3) is 6.49. The number of unbranched alkanes of at least 4 members (excludes halogenated alkanes) is 1. The van der Waals surface area contributed by atoms with Crippen LogP contribution in [0.4, 0.5) is 0 Å². The Balaban J connectivity index is 1.49. The Hall–Kier alpha value is -2.53. The zero-order valence-electron chi connectivity index (χ0n) is 18.3. The van der Waals surface area contributed by atoms with Crippen LogP contribution in [-0.4, -0.2) is 32.7 Å². The SMILES string of the molecule is CCCCNC(=O)C1CC[NH+](Cc2ccc(OCc3ccccc3)c(OC)c2)CC1. The maximum Gasteiger partial charge on any atom is 0.223 e. The second kappa shape index (κ2) is 11.6. The van der Waals surface area contributed by atoms with Gasteiger partial charge in [0.25, 0.3) is 0 Å². The van der Waals surface area contributed by atoms with Crippen LogP contribution in [0, 0.1) is 5.92 Å². The number of ether oxygens (including phenoxy) is 2. The minimum atomic E-state index is 0.175. The normalized spacial score (nSPS) is 18.6. The molecule has 1 amide bonds. The van der Waals surface area contributed by atoms with Gasteiger partial charge in [-0.3, -0.25) is 4.79 Å². The van der Waals surface area contributed by atoms with E-state index in [1.54, 1.807) is 7.11 Å². The van der Waals surface area contributed by atoms with E-state index in [9.17, 15) is 4.79 Å². The number of rotatable bonds is 10. The van der Waals surface area contributed by atoms with E-state index in [2.05, 4.69) is 36.5 Å². The minimum absolute atomic E-state index is 0.175. The zero-order valence-corrected chi connectivity index (χ0v) is 18.3. The fourth-order valence-electron chi connectivity index (χ4n) is 3.96. The van der Waals surface area contributed by atoms with Crippen molar-refractivity contribution in [3.8, 4) is 11.5 Å². The number of likely N-dealkylation sites (tertiary alicyclic amines) is 1. The standard InChI is InChI=1S/C25H34N2O3/c1-3-4-14-26-25(28)22-12-15-27(16-13-22)18-21-10-11-23(24(17-21)29-2)30-19-20-8-6-5-7-9-20/h5-11,17,22H,3-4,12-16,18-19H2,1-2H3,(H,26,28)/p+1. The molecule has 2 N–H and O–H groups in total. The summed E-state index contributed by atoms with van der Waals surface area (Å²) in [7, 11) is 1.68. The van der Waals surface area contributed by atoms with Gasteiger partial charge in [-0.2, -0.15) is 0 Å². The Morgan fingerprint density at radius 1 is 1.07 bits per heavy atom. The number of quaternary nitrogens is 1. The average Bonchev–Trinajstić information content (AvgIpc) is 2.79. The predicted molar refractivity (Wildman–Crippen MR) is 119 cm³/mol. The lowest BCUT2D eigenvalue weighted by molar-refractivity contribution is -0.919. The van der Waals surface area contributed by atoms with Crippen LogP contribution in [0.1, 0.15) is 43.7 Å². The maximum absolute atomic E-state index is 12.3. The molecular weight excluding hydrogens is 376 g/mol. The molecule has 5 heteroatoms. The molecule has 0 saturated carbocycles. The summed E-state index contributed by atoms with van der Waals surface area (Å²) in [5, 5.41) is 3.08. The molecule has 162 valence electrons. The molecule has 5 nitrogen and oxygen atoms in total. The second-order valence-electron chi connectivity index (χ2n) is 8.11. The Bertz CT molecular complexity index is 786. The molecule has 0 radical (unpaired) electrons. The molecule has 0 atom stereocenters. The average molecular weight is 412 g/mol. The molecule has 1 heterocycles. The van der Waals surface area contributed by atoms with Gasteiger partial charge in [0.2, 0.25) is 5.91 Å². The third-order valence-electron chi connectivity index (χ3n) is 5.81. The topological polar surface area (TPSA) is 52.0 Å². The molecule has 0 aliphatic carbocycles. The molecule has 0 aromatic heterocycles. The van der Waals surface area contributed by atoms with Crippen LogP contribution in [0.5, 0.6) is 11.5 Å². The number of amides is 1. The van der Waals surface area contributed by atoms with Crippen LogP contribution in [0.2, 0.25) is 0 Å². The quantitative estimate of drug-likeness (QED) is 0.591. The van der Waals surface area contributed by atoms with Gasteiger partial charge < -0.3 is 19.7 Å². The summed E-state index contributed by atoms with van der Waals surface area (Å²) >= 11 is 0. The summed E-state index contributed by atoms with van der Waals surface area (Å²) in [5.41, 5.74) is 2.37. The molecule has 0 bridgehead atoms. The first-order chi connectivity index (χ1) is 14.7. The van der Waals surface area contributed by atoms with E-state index in [0.717, 1.165) is 68.9 Å². The Labute approximate surface area is 180 Å². The highest BCUT2D eigenvalue weighted by atomic mass is 16.5. The van der Waals surface area contributed by atoms with Gasteiger partial charge in [0, 0.05) is 30.9 Å². The van der Waals surface area contributed by atoms with Crippen LogP contribution in [0.3, 0.4) is 0 Å². The molecule has 1 fully saturated rings. The summed E-state index contributed by atoms with van der Waals surface area (Å²) in [5.74, 6) is 1.95. The summed E-state index contributed by atoms with van der Waals surface area (Å²) in [6.45, 7) is 6.47. The van der Waals surface area contributed by atoms with Crippen molar-refractivity contribution in [2.24, 2.45) is 5.92 Å². The molecule has 0 unspecified atom stereocenters. The second-order valence-corrected chi connectivity index (χ2v) is 8.11. The van der Waals surface area contributed by atoms with Crippen molar-refractivity contribution in [1.82, 2.24) is 5.32 Å². The highest BCUT2D eigenvalue weighted by Gasteiger charge is 2.27. The largest absolute Gasteiger partial charge is 0.493 e. The molecule has 1 aliphatic rings. The minimum Gasteiger partial charge on any atom is -0.493 e. The first-order valence-electron chi connectivity index (χ1n) is 11.1. The highest BCUT2D eigenvalue weighted by molar-refractivity contribution is 5.78. The van der Waals surface area contributed by atoms with E-state index >= 15 is 0 Å². The lowest BCUT2D eigenvalue weighted by Crippen LogP contribution is -3.11. The van der Waals surface area contributed by atoms with Crippen molar-refractivity contribution in [1.29, 1.82) is 0 Å². The van der Waals surface area contributed by atoms with Crippen LogP contribution in [0.25, 0.3) is 0 Å². The highest BCUT2D eigenvalue weighted by Crippen LogP contribution is 2.28. The van der Waals surface area contributed by atoms with Gasteiger partial charge >= 0.3 is 0 Å². The predicted octanol–water partition coefficient (Wildman–Crippen LogP) is 2.99. The summed E-state index contributed by atoms with van der Waals surface area (Å²) in [4.78, 5) is 13.8. The number of benzene rings is 2. The van der Waals surface area contributed by atoms with Crippen molar-refractivity contribution in [3.63, 3.8) is 0 Å². The Kier molecular flexibility index (Phi) is 8.57. The fraction of sp³-hybridized carbons (Fsp3) is 0.480. The molecule has 30 heavy (non-hydrogen) atoms. The number of methoxy groups -OCH3 is 1. The Morgan fingerprint density at radius 2 is 1.83 bits per heavy atom. The maximum atomic E-state index is 12.3. The van der Waals surface area contributed by atoms with Crippen molar-refractivity contribution in [3.05, 3.63) is 59.7 Å². The third-order valence-corrected chi connectivity index (χ3v) is 5.81. The molecule has 2 aromatic carbocycles. The molecule has 1 saturated heterocycles. The van der Waals surface area contributed by atoms with Gasteiger partial charge in [-0.15, -0.1) is 0 Å². The molecule has 3 rings (SSSR count). The lowest BCUT2D eigenvalue weighted by atomic mass is 9.95. The van der Waals surface area contributed by atoms with Crippen molar-refractivity contribution < 1.29 is 19.2 Å². The smallest absolute Gasteiger partial charge is 0.223 e. The molecule has 0 spiro atoms. The van der Waals surface area contributed by atoms with Gasteiger partial charge in [0.15, 0.2) is 11.5 Å². The summed E-state index contributed by atoms with van der Waals surface area (Å²) < 4.78 is 11.5. The van der Waals surface area contributed by atoms with E-state index in [1.807, 2.05) is 24.3 Å². The van der Waals surface area contributed by atoms with Gasteiger partial charge in [-0.25, -0.2) is 0 Å². The van der Waals surface area contributed by atoms with Crippen molar-refractivity contribution >= 4 is 5.91 Å². The number of piperidine rings is 1. The van der Waals surface area contributed by atoms with Crippen LogP contribution in [-0.2, 0) is 17.9 Å². The van der Waals surface area contributed by atoms with Gasteiger partial charge in [0.05, 0.1) is 20.2 Å². The van der Waals surface area contributed by atoms with E-state index in [-0.39, 0.29) is 11.8 Å². The van der Waals surface area contributed by atoms with Crippen LogP contribution < -0.4 is 19.7 Å². The van der Waals surface area contributed by atoms with Gasteiger partial charge in [0.1, 0.15) is 13.2 Å². The van der Waals surface area contributed by atoms with Crippen LogP contribution in [0.15, 0.2) is 48.5 Å². The van der Waals surface area contributed by atoms with E-state index in [0.29, 0.717) is 6.61 Å². The molecular formula is C25H35N2O3+. The first kappa shape index (κ1) is 22.2. The lowest BCUT2D eigenvalue weighted by Gasteiger charge is -2.28. The van der Waals surface area contributed by atoms with Crippen LogP contribution >= 0.6 is 0 Å². The number of hydrogen-bond acceptors (Lipinski definition) is 3. The number of hydrogen-bond donors (Lipinski definition) is 2. The molecule has 1 aliphatic heterocycles. The monoisotopic (exact) mass is 411 g/mol. The fourth-order valence-corrected chi connectivity index (χ4v) is 3.96. The molecule has 2 aromatic rings. The van der Waals surface area contributed by atoms with Gasteiger partial charge in [-0.1, -0.05) is 43.7 Å². The van der Waals surface area contributed by atoms with E-state index in [1.165, 1.54) is 10.5 Å². The summed E-state index contributed by atoms with van der Waals surface area (Å²) in [6.07, 6.45) is 4.09. The Morgan fingerprint density at radius 3 is 2.53 bits per heavy atom. The van der Waals surface area contributed by atoms with Gasteiger partial charge in [-0.05, 0) is 30.2 Å². The zero-order chi connectivity index (χ0) is 21.2. The summed E-state index contributed by atoms with van der Waals surface area (Å²) in [6, 6.07) is 16.3. The number of nitrogens with one attached hydrogen (secondary N) is 2.